The molecular weight excluding hydrogens is 504 g/mol. The van der Waals surface area contributed by atoms with Gasteiger partial charge in [0.1, 0.15) is 6.61 Å². The SMILES string of the molecule is C=CCON=C1C[C@@H](CCC(=O)Nc2ncc(C)s2)C2C3CCc4cc(O)c([N+](=O)[O-])cc4C3CC[C@]12C. The molecule has 0 radical (unpaired) electrons. The minimum absolute atomic E-state index is 0.0400. The number of benzene rings is 1. The molecule has 2 saturated carbocycles. The average Bonchev–Trinajstić information content (AvgIpc) is 3.41. The van der Waals surface area contributed by atoms with E-state index in [9.17, 15) is 20.0 Å². The van der Waals surface area contributed by atoms with Gasteiger partial charge in [0.25, 0.3) is 0 Å². The molecule has 2 aromatic rings. The number of oxime groups is 1. The fraction of sp³-hybridized carbons (Fsp3) is 0.536. The third-order valence-electron chi connectivity index (χ3n) is 8.87. The number of nitrogens with zero attached hydrogens (tertiary/aromatic N) is 3. The molecule has 3 unspecified atom stereocenters. The number of nitrogens with one attached hydrogen (secondary N) is 1. The van der Waals surface area contributed by atoms with Crippen LogP contribution in [-0.4, -0.2) is 33.2 Å². The Morgan fingerprint density at radius 3 is 2.97 bits per heavy atom. The van der Waals surface area contributed by atoms with Gasteiger partial charge in [-0.3, -0.25) is 14.9 Å². The fourth-order valence-corrected chi connectivity index (χ4v) is 7.99. The molecule has 1 amide bonds. The Bertz CT molecular complexity index is 1290. The molecule has 0 bridgehead atoms. The summed E-state index contributed by atoms with van der Waals surface area (Å²) in [5.41, 5.74) is 2.67. The largest absolute Gasteiger partial charge is 0.502 e. The summed E-state index contributed by atoms with van der Waals surface area (Å²) in [5, 5.41) is 29.9. The molecule has 38 heavy (non-hydrogen) atoms. The Morgan fingerprint density at radius 2 is 2.26 bits per heavy atom. The number of nitro groups is 1. The first-order chi connectivity index (χ1) is 18.2. The first-order valence-corrected chi connectivity index (χ1v) is 14.1. The molecule has 2 fully saturated rings. The highest BCUT2D eigenvalue weighted by Gasteiger charge is 2.57. The summed E-state index contributed by atoms with van der Waals surface area (Å²) in [6.07, 6.45) is 8.82. The number of amides is 1. The van der Waals surface area contributed by atoms with Crippen LogP contribution in [0.5, 0.6) is 5.75 Å². The molecular formula is C28H34N4O5S. The number of aryl methyl sites for hydroxylation is 2. The number of carbonyl (C=O) groups excluding carboxylic acids is 1. The number of aromatic hydroxyl groups is 1. The van der Waals surface area contributed by atoms with Crippen molar-refractivity contribution in [2.75, 3.05) is 11.9 Å². The van der Waals surface area contributed by atoms with Crippen molar-refractivity contribution < 1.29 is 19.7 Å². The monoisotopic (exact) mass is 538 g/mol. The van der Waals surface area contributed by atoms with Gasteiger partial charge in [0.2, 0.25) is 5.91 Å². The van der Waals surface area contributed by atoms with Crippen LogP contribution in [-0.2, 0) is 16.1 Å². The van der Waals surface area contributed by atoms with Gasteiger partial charge < -0.3 is 15.3 Å². The van der Waals surface area contributed by atoms with Gasteiger partial charge in [-0.15, -0.1) is 11.3 Å². The lowest BCUT2D eigenvalue weighted by Gasteiger charge is -2.50. The molecule has 0 spiro atoms. The number of phenols is 1. The summed E-state index contributed by atoms with van der Waals surface area (Å²) < 4.78 is 0. The molecule has 5 rings (SSSR count). The zero-order chi connectivity index (χ0) is 27.0. The van der Waals surface area contributed by atoms with Gasteiger partial charge in [-0.1, -0.05) is 24.7 Å². The van der Waals surface area contributed by atoms with Crippen LogP contribution in [0.25, 0.3) is 0 Å². The predicted octanol–water partition coefficient (Wildman–Crippen LogP) is 6.13. The van der Waals surface area contributed by atoms with Gasteiger partial charge in [-0.2, -0.15) is 0 Å². The highest BCUT2D eigenvalue weighted by molar-refractivity contribution is 7.15. The van der Waals surface area contributed by atoms with Crippen molar-refractivity contribution in [3.05, 3.63) is 57.1 Å². The molecule has 5 atom stereocenters. The number of phenolic OH excluding ortho intramolecular Hbond substituents is 1. The van der Waals surface area contributed by atoms with Crippen molar-refractivity contribution in [1.82, 2.24) is 4.98 Å². The number of aromatic nitrogens is 1. The quantitative estimate of drug-likeness (QED) is 0.180. The van der Waals surface area contributed by atoms with Gasteiger partial charge in [0.15, 0.2) is 10.9 Å². The minimum Gasteiger partial charge on any atom is -0.502 e. The summed E-state index contributed by atoms with van der Waals surface area (Å²) in [6.45, 7) is 8.29. The smallest absolute Gasteiger partial charge is 0.310 e. The fourth-order valence-electron chi connectivity index (χ4n) is 7.31. The Balaban J connectivity index is 1.42. The highest BCUT2D eigenvalue weighted by atomic mass is 32.1. The van der Waals surface area contributed by atoms with Crippen LogP contribution in [0.1, 0.15) is 67.4 Å². The van der Waals surface area contributed by atoms with Crippen LogP contribution >= 0.6 is 11.3 Å². The van der Waals surface area contributed by atoms with E-state index in [0.717, 1.165) is 60.2 Å². The summed E-state index contributed by atoms with van der Waals surface area (Å²) in [4.78, 5) is 34.7. The van der Waals surface area contributed by atoms with Crippen LogP contribution in [0.4, 0.5) is 10.8 Å². The second kappa shape index (κ2) is 10.5. The van der Waals surface area contributed by atoms with Gasteiger partial charge in [-0.05, 0) is 86.3 Å². The maximum Gasteiger partial charge on any atom is 0.310 e. The number of rotatable bonds is 8. The number of hydrogen-bond donors (Lipinski definition) is 2. The summed E-state index contributed by atoms with van der Waals surface area (Å²) >= 11 is 1.46. The van der Waals surface area contributed by atoms with Crippen LogP contribution < -0.4 is 5.32 Å². The molecule has 1 heterocycles. The van der Waals surface area contributed by atoms with E-state index in [1.807, 2.05) is 6.92 Å². The molecule has 9 nitrogen and oxygen atoms in total. The van der Waals surface area contributed by atoms with Crippen LogP contribution in [0, 0.1) is 40.2 Å². The first kappa shape index (κ1) is 26.3. The zero-order valence-electron chi connectivity index (χ0n) is 21.8. The molecule has 10 heteroatoms. The molecule has 1 aromatic heterocycles. The van der Waals surface area contributed by atoms with Crippen LogP contribution in [0.2, 0.25) is 0 Å². The van der Waals surface area contributed by atoms with Crippen molar-refractivity contribution in [2.45, 2.75) is 64.7 Å². The minimum atomic E-state index is -0.505. The molecule has 0 aliphatic heterocycles. The van der Waals surface area contributed by atoms with Gasteiger partial charge in [0.05, 0.1) is 10.6 Å². The topological polar surface area (TPSA) is 127 Å². The van der Waals surface area contributed by atoms with Gasteiger partial charge >= 0.3 is 5.69 Å². The number of anilines is 1. The van der Waals surface area contributed by atoms with E-state index < -0.39 is 4.92 Å². The lowest BCUT2D eigenvalue weighted by molar-refractivity contribution is -0.386. The van der Waals surface area contributed by atoms with Crippen molar-refractivity contribution >= 4 is 33.8 Å². The third kappa shape index (κ3) is 4.81. The van der Waals surface area contributed by atoms with E-state index in [-0.39, 0.29) is 40.5 Å². The molecule has 3 aliphatic carbocycles. The second-order valence-electron chi connectivity index (χ2n) is 11.0. The lowest BCUT2D eigenvalue weighted by atomic mass is 9.54. The Labute approximate surface area is 226 Å². The van der Waals surface area contributed by atoms with E-state index in [4.69, 9.17) is 4.84 Å². The number of nitro benzene ring substituents is 1. The van der Waals surface area contributed by atoms with Gasteiger partial charge in [-0.25, -0.2) is 4.98 Å². The zero-order valence-corrected chi connectivity index (χ0v) is 22.6. The number of hydrogen-bond acceptors (Lipinski definition) is 8. The molecule has 2 N–H and O–H groups in total. The first-order valence-electron chi connectivity index (χ1n) is 13.2. The average molecular weight is 539 g/mol. The summed E-state index contributed by atoms with van der Waals surface area (Å²) in [5.74, 6) is 0.717. The maximum absolute atomic E-state index is 12.8. The second-order valence-corrected chi connectivity index (χ2v) is 12.3. The highest BCUT2D eigenvalue weighted by Crippen LogP contribution is 2.63. The third-order valence-corrected chi connectivity index (χ3v) is 9.70. The molecule has 0 saturated heterocycles. The Hall–Kier alpha value is -3.27. The van der Waals surface area contributed by atoms with Gasteiger partial charge in [0, 0.05) is 29.0 Å². The summed E-state index contributed by atoms with van der Waals surface area (Å²) in [7, 11) is 0. The van der Waals surface area contributed by atoms with Crippen molar-refractivity contribution in [1.29, 1.82) is 0 Å². The summed E-state index contributed by atoms with van der Waals surface area (Å²) in [6, 6.07) is 3.18. The van der Waals surface area contributed by atoms with E-state index in [0.29, 0.717) is 24.1 Å². The lowest BCUT2D eigenvalue weighted by Crippen LogP contribution is -2.44. The Kier molecular flexibility index (Phi) is 7.26. The van der Waals surface area contributed by atoms with Crippen molar-refractivity contribution in [3.8, 4) is 5.75 Å². The van der Waals surface area contributed by atoms with E-state index in [1.54, 1.807) is 24.4 Å². The maximum atomic E-state index is 12.8. The number of fused-ring (bicyclic) bond motifs is 5. The predicted molar refractivity (Wildman–Crippen MR) is 147 cm³/mol. The van der Waals surface area contributed by atoms with Crippen molar-refractivity contribution in [2.24, 2.45) is 28.3 Å². The number of carbonyl (C=O) groups is 1. The standard InChI is InChI=1S/C28H34N4O5S/c1-4-11-37-31-24-13-18(6-8-25(34)30-27-29-15-16(2)38-27)26-20-7-5-17-12-23(33)22(32(35)36)14-21(17)19(20)9-10-28(24,26)3/h4,12,14-15,18-20,26,33H,1,5-11,13H2,2-3H3,(H,29,30,34)/t18-,19?,20?,26?,28-/m1/s1. The van der Waals surface area contributed by atoms with E-state index in [1.165, 1.54) is 11.3 Å². The number of thiazole rings is 1. The molecule has 3 aliphatic rings. The van der Waals surface area contributed by atoms with Crippen LogP contribution in [0.3, 0.4) is 0 Å². The molecule has 202 valence electrons. The van der Waals surface area contributed by atoms with E-state index >= 15 is 0 Å². The Morgan fingerprint density at radius 1 is 1.45 bits per heavy atom. The van der Waals surface area contributed by atoms with Crippen LogP contribution in [0.15, 0.2) is 36.1 Å². The van der Waals surface area contributed by atoms with E-state index in [2.05, 4.69) is 29.0 Å². The molecule has 1 aromatic carbocycles. The normalized spacial score (nSPS) is 28.7. The van der Waals surface area contributed by atoms with Crippen molar-refractivity contribution in [3.63, 3.8) is 0 Å².